The summed E-state index contributed by atoms with van der Waals surface area (Å²) in [6, 6.07) is 22.3. The SMILES string of the molecule is COC(=O)c1ccc(OC(=O)CNCCc2ccc(NC(=O)c3c(-c4ccccc4)cccc3C(F)(F)F)c(C(=O)N(C)C)c2)cc1. The molecule has 4 aromatic carbocycles. The number of methoxy groups -OCH3 is 1. The molecule has 0 heterocycles. The van der Waals surface area contributed by atoms with E-state index in [9.17, 15) is 32.3 Å². The van der Waals surface area contributed by atoms with E-state index in [-0.39, 0.29) is 29.1 Å². The van der Waals surface area contributed by atoms with Gasteiger partial charge in [0.15, 0.2) is 0 Å². The maximum Gasteiger partial charge on any atom is 0.417 e. The van der Waals surface area contributed by atoms with Crippen LogP contribution < -0.4 is 15.4 Å². The third kappa shape index (κ3) is 8.82. The zero-order valence-corrected chi connectivity index (χ0v) is 25.8. The average Bonchev–Trinajstić information content (AvgIpc) is 3.06. The quantitative estimate of drug-likeness (QED) is 0.119. The highest BCUT2D eigenvalue weighted by Gasteiger charge is 2.37. The van der Waals surface area contributed by atoms with Crippen molar-refractivity contribution in [2.45, 2.75) is 12.6 Å². The highest BCUT2D eigenvalue weighted by Crippen LogP contribution is 2.37. The summed E-state index contributed by atoms with van der Waals surface area (Å²) < 4.78 is 52.1. The van der Waals surface area contributed by atoms with E-state index in [1.54, 1.807) is 42.5 Å². The highest BCUT2D eigenvalue weighted by atomic mass is 19.4. The van der Waals surface area contributed by atoms with Crippen LogP contribution in [-0.2, 0) is 22.1 Å². The van der Waals surface area contributed by atoms with Crippen LogP contribution in [0.4, 0.5) is 18.9 Å². The standard InChI is InChI=1S/C35H32F3N3O6/c1-41(2)33(44)27-20-22(18-19-39-21-30(42)47-25-15-13-24(14-16-25)34(45)46-3)12-17-29(27)40-32(43)31-26(23-8-5-4-6-9-23)10-7-11-28(31)35(36,37)38/h4-17,20,39H,18-19,21H2,1-3H3,(H,40,43). The van der Waals surface area contributed by atoms with Gasteiger partial charge in [0, 0.05) is 14.1 Å². The topological polar surface area (TPSA) is 114 Å². The number of benzene rings is 4. The van der Waals surface area contributed by atoms with Gasteiger partial charge in [-0.25, -0.2) is 4.79 Å². The van der Waals surface area contributed by atoms with E-state index in [0.717, 1.165) is 6.07 Å². The predicted octanol–water partition coefficient (Wildman–Crippen LogP) is 5.85. The van der Waals surface area contributed by atoms with Gasteiger partial charge < -0.3 is 25.0 Å². The number of hydrogen-bond donors (Lipinski definition) is 2. The van der Waals surface area contributed by atoms with Crippen molar-refractivity contribution >= 4 is 29.4 Å². The maximum absolute atomic E-state index is 14.1. The number of rotatable bonds is 11. The number of anilines is 1. The summed E-state index contributed by atoms with van der Waals surface area (Å²) in [7, 11) is 4.30. The molecule has 0 fully saturated rings. The first-order chi connectivity index (χ1) is 22.4. The monoisotopic (exact) mass is 647 g/mol. The molecule has 0 aliphatic carbocycles. The van der Waals surface area contributed by atoms with Crippen molar-refractivity contribution in [3.8, 4) is 16.9 Å². The van der Waals surface area contributed by atoms with Crippen LogP contribution in [0.25, 0.3) is 11.1 Å². The zero-order valence-electron chi connectivity index (χ0n) is 25.8. The Morgan fingerprint density at radius 2 is 1.55 bits per heavy atom. The lowest BCUT2D eigenvalue weighted by atomic mass is 9.94. The summed E-state index contributed by atoms with van der Waals surface area (Å²) in [5.74, 6) is -2.31. The highest BCUT2D eigenvalue weighted by molar-refractivity contribution is 6.12. The van der Waals surface area contributed by atoms with E-state index in [2.05, 4.69) is 15.4 Å². The van der Waals surface area contributed by atoms with Crippen molar-refractivity contribution in [1.82, 2.24) is 10.2 Å². The molecule has 0 bridgehead atoms. The van der Waals surface area contributed by atoms with Gasteiger partial charge in [-0.2, -0.15) is 13.2 Å². The van der Waals surface area contributed by atoms with Crippen molar-refractivity contribution in [3.63, 3.8) is 0 Å². The van der Waals surface area contributed by atoms with Crippen molar-refractivity contribution < 1.29 is 41.8 Å². The molecule has 0 aliphatic heterocycles. The maximum atomic E-state index is 14.1. The summed E-state index contributed by atoms with van der Waals surface area (Å²) in [6.07, 6.45) is -4.43. The molecule has 244 valence electrons. The van der Waals surface area contributed by atoms with Gasteiger partial charge >= 0.3 is 18.1 Å². The minimum Gasteiger partial charge on any atom is -0.465 e. The molecule has 0 spiro atoms. The number of esters is 2. The van der Waals surface area contributed by atoms with Crippen molar-refractivity contribution in [3.05, 3.63) is 119 Å². The smallest absolute Gasteiger partial charge is 0.417 e. The Bertz CT molecular complexity index is 1760. The third-order valence-electron chi connectivity index (χ3n) is 7.02. The number of hydrogen-bond acceptors (Lipinski definition) is 7. The largest absolute Gasteiger partial charge is 0.465 e. The third-order valence-corrected chi connectivity index (χ3v) is 7.02. The molecule has 4 aromatic rings. The Morgan fingerprint density at radius 1 is 0.851 bits per heavy atom. The molecule has 2 N–H and O–H groups in total. The molecular weight excluding hydrogens is 615 g/mol. The molecular formula is C35H32F3N3O6. The Hall–Kier alpha value is -5.49. The second-order valence-corrected chi connectivity index (χ2v) is 10.5. The summed E-state index contributed by atoms with van der Waals surface area (Å²) in [5.41, 5.74) is -0.0244. The second-order valence-electron chi connectivity index (χ2n) is 10.5. The van der Waals surface area contributed by atoms with Crippen LogP contribution >= 0.6 is 0 Å². The first-order valence-electron chi connectivity index (χ1n) is 14.4. The lowest BCUT2D eigenvalue weighted by Crippen LogP contribution is -2.28. The molecule has 12 heteroatoms. The molecule has 4 rings (SSSR count). The minimum absolute atomic E-state index is 0.0446. The Kier molecular flexibility index (Phi) is 11.1. The van der Waals surface area contributed by atoms with E-state index in [1.807, 2.05) is 0 Å². The van der Waals surface area contributed by atoms with E-state index in [1.165, 1.54) is 68.6 Å². The normalized spacial score (nSPS) is 11.0. The Labute approximate surface area is 269 Å². The summed E-state index contributed by atoms with van der Waals surface area (Å²) in [6.45, 7) is 0.190. The zero-order chi connectivity index (χ0) is 34.1. The molecule has 0 saturated carbocycles. The fraction of sp³-hybridized carbons (Fsp3) is 0.200. The van der Waals surface area contributed by atoms with Crippen LogP contribution in [0.5, 0.6) is 5.75 Å². The molecule has 0 radical (unpaired) electrons. The van der Waals surface area contributed by atoms with Gasteiger partial charge in [0.05, 0.1) is 41.6 Å². The number of nitrogens with one attached hydrogen (secondary N) is 2. The lowest BCUT2D eigenvalue weighted by Gasteiger charge is -2.19. The molecule has 0 aliphatic rings. The van der Waals surface area contributed by atoms with Gasteiger partial charge in [0.2, 0.25) is 0 Å². The number of carbonyl (C=O) groups is 4. The molecule has 0 unspecified atom stereocenters. The summed E-state index contributed by atoms with van der Waals surface area (Å²) in [4.78, 5) is 51.8. The van der Waals surface area contributed by atoms with Crippen LogP contribution in [-0.4, -0.2) is 62.9 Å². The van der Waals surface area contributed by atoms with E-state index in [4.69, 9.17) is 4.74 Å². The van der Waals surface area contributed by atoms with Crippen LogP contribution in [0, 0.1) is 0 Å². The predicted molar refractivity (Wildman–Crippen MR) is 169 cm³/mol. The molecule has 2 amide bonds. The van der Waals surface area contributed by atoms with Gasteiger partial charge in [-0.1, -0.05) is 48.5 Å². The fourth-order valence-electron chi connectivity index (χ4n) is 4.72. The van der Waals surface area contributed by atoms with Crippen molar-refractivity contribution in [2.24, 2.45) is 0 Å². The van der Waals surface area contributed by atoms with Gasteiger partial charge in [-0.3, -0.25) is 14.4 Å². The van der Waals surface area contributed by atoms with Crippen LogP contribution in [0.1, 0.15) is 42.2 Å². The van der Waals surface area contributed by atoms with Crippen molar-refractivity contribution in [1.29, 1.82) is 0 Å². The average molecular weight is 648 g/mol. The molecule has 0 atom stereocenters. The number of carbonyl (C=O) groups excluding carboxylic acids is 4. The van der Waals surface area contributed by atoms with Crippen LogP contribution in [0.15, 0.2) is 91.0 Å². The number of ether oxygens (including phenoxy) is 2. The summed E-state index contributed by atoms with van der Waals surface area (Å²) in [5, 5.41) is 5.50. The minimum atomic E-state index is -4.81. The molecule has 0 saturated heterocycles. The number of amides is 2. The second kappa shape index (κ2) is 15.2. The summed E-state index contributed by atoms with van der Waals surface area (Å²) >= 11 is 0. The van der Waals surface area contributed by atoms with Crippen LogP contribution in [0.2, 0.25) is 0 Å². The number of alkyl halides is 3. The Balaban J connectivity index is 1.48. The van der Waals surface area contributed by atoms with E-state index >= 15 is 0 Å². The number of halogens is 3. The van der Waals surface area contributed by atoms with E-state index in [0.29, 0.717) is 29.7 Å². The van der Waals surface area contributed by atoms with Gasteiger partial charge in [0.1, 0.15) is 5.75 Å². The fourth-order valence-corrected chi connectivity index (χ4v) is 4.72. The molecule has 47 heavy (non-hydrogen) atoms. The molecule has 0 aromatic heterocycles. The van der Waals surface area contributed by atoms with Crippen LogP contribution in [0.3, 0.4) is 0 Å². The van der Waals surface area contributed by atoms with E-state index < -0.39 is 41.1 Å². The number of nitrogens with zero attached hydrogens (tertiary/aromatic N) is 1. The molecule has 9 nitrogen and oxygen atoms in total. The first kappa shape index (κ1) is 34.4. The Morgan fingerprint density at radius 3 is 2.19 bits per heavy atom. The van der Waals surface area contributed by atoms with Crippen molar-refractivity contribution in [2.75, 3.05) is 39.6 Å². The lowest BCUT2D eigenvalue weighted by molar-refractivity contribution is -0.138. The van der Waals surface area contributed by atoms with Gasteiger partial charge in [0.25, 0.3) is 11.8 Å². The van der Waals surface area contributed by atoms with Gasteiger partial charge in [-0.15, -0.1) is 0 Å². The first-order valence-corrected chi connectivity index (χ1v) is 14.4. The van der Waals surface area contributed by atoms with Gasteiger partial charge in [-0.05, 0) is 72.1 Å².